The first-order valence-corrected chi connectivity index (χ1v) is 3.92. The smallest absolute Gasteiger partial charge is 0.211 e. The van der Waals surface area contributed by atoms with Gasteiger partial charge in [-0.1, -0.05) is 12.1 Å². The van der Waals surface area contributed by atoms with E-state index in [1.54, 1.807) is 0 Å². The zero-order valence-corrected chi connectivity index (χ0v) is 7.55. The van der Waals surface area contributed by atoms with Crippen LogP contribution in [0.2, 0.25) is 0 Å². The Morgan fingerprint density at radius 3 is 1.75 bits per heavy atom. The second kappa shape index (κ2) is 4.02. The Balaban J connectivity index is 3.09. The van der Waals surface area contributed by atoms with Gasteiger partial charge in [0.25, 0.3) is 0 Å². The highest BCUT2D eigenvalue weighted by atomic mass is 19.4. The van der Waals surface area contributed by atoms with Crippen LogP contribution < -0.4 is 0 Å². The summed E-state index contributed by atoms with van der Waals surface area (Å²) in [6.07, 6.45) is -3.94. The molecule has 1 aromatic rings. The molecule has 1 aromatic carbocycles. The lowest BCUT2D eigenvalue weighted by Gasteiger charge is -2.11. The summed E-state index contributed by atoms with van der Waals surface area (Å²) in [7, 11) is 0. The van der Waals surface area contributed by atoms with Crippen molar-refractivity contribution >= 4 is 6.08 Å². The molecule has 0 N–H and O–H groups in total. The van der Waals surface area contributed by atoms with Crippen molar-refractivity contribution in [2.75, 3.05) is 0 Å². The average molecular weight is 237 g/mol. The molecule has 0 spiro atoms. The first kappa shape index (κ1) is 12.3. The quantitative estimate of drug-likeness (QED) is 0.336. The summed E-state index contributed by atoms with van der Waals surface area (Å²) < 4.78 is 62.0. The Kier molecular flexibility index (Phi) is 3.09. The number of benzene rings is 1. The van der Waals surface area contributed by atoms with E-state index in [-0.39, 0.29) is 0 Å². The zero-order chi connectivity index (χ0) is 12.4. The summed E-state index contributed by atoms with van der Waals surface area (Å²) in [5.41, 5.74) is -1.86. The second-order valence-corrected chi connectivity index (χ2v) is 2.82. The molecule has 0 radical (unpaired) electrons. The first-order chi connectivity index (χ1) is 7.27. The molecule has 0 atom stereocenters. The maximum absolute atomic E-state index is 12.9. The lowest BCUT2D eigenvalue weighted by molar-refractivity contribution is -0.137. The molecule has 0 aliphatic heterocycles. The lowest BCUT2D eigenvalue weighted by Crippen LogP contribution is -2.11. The van der Waals surface area contributed by atoms with Gasteiger partial charge in [-0.15, -0.1) is 4.99 Å². The molecule has 0 saturated carbocycles. The van der Waals surface area contributed by atoms with E-state index in [9.17, 15) is 26.7 Å². The minimum absolute atomic E-state index is 0.490. The van der Waals surface area contributed by atoms with Crippen LogP contribution in [0.15, 0.2) is 29.3 Å². The minimum atomic E-state index is -4.60. The van der Waals surface area contributed by atoms with Gasteiger partial charge >= 0.3 is 12.2 Å². The van der Waals surface area contributed by atoms with Crippen LogP contribution in [-0.4, -0.2) is 6.08 Å². The summed E-state index contributed by atoms with van der Waals surface area (Å²) in [6, 6.07) is -1.76. The lowest BCUT2D eigenvalue weighted by atomic mass is 10.1. The normalized spacial score (nSPS) is 12.1. The van der Waals surface area contributed by atoms with Gasteiger partial charge in [0.2, 0.25) is 6.08 Å². The molecule has 0 aliphatic carbocycles. The van der Waals surface area contributed by atoms with E-state index in [0.717, 1.165) is 0 Å². The molecule has 0 amide bonds. The van der Waals surface area contributed by atoms with Crippen LogP contribution in [0.1, 0.15) is 11.1 Å². The first-order valence-electron chi connectivity index (χ1n) is 3.92. The summed E-state index contributed by atoms with van der Waals surface area (Å²) >= 11 is 0. The molecule has 0 aromatic heterocycles. The van der Waals surface area contributed by atoms with Crippen LogP contribution in [0.25, 0.3) is 0 Å². The van der Waals surface area contributed by atoms with E-state index in [0.29, 0.717) is 30.3 Å². The van der Waals surface area contributed by atoms with Crippen LogP contribution in [0.4, 0.5) is 22.0 Å². The number of aliphatic imine (C=N–C) groups is 1. The van der Waals surface area contributed by atoms with Crippen molar-refractivity contribution in [2.24, 2.45) is 4.99 Å². The van der Waals surface area contributed by atoms with E-state index in [1.165, 1.54) is 0 Å². The fraction of sp³-hybridized carbons (Fsp3) is 0.222. The maximum atomic E-state index is 12.9. The van der Waals surface area contributed by atoms with Crippen molar-refractivity contribution in [3.05, 3.63) is 35.4 Å². The monoisotopic (exact) mass is 237 g/mol. The van der Waals surface area contributed by atoms with Crippen molar-refractivity contribution < 1.29 is 26.7 Å². The van der Waals surface area contributed by atoms with Gasteiger partial charge in [-0.3, -0.25) is 0 Å². The van der Waals surface area contributed by atoms with E-state index in [4.69, 9.17) is 0 Å². The Labute approximate surface area is 86.4 Å². The number of isocyanates is 1. The number of hydrogen-bond donors (Lipinski definition) is 0. The Bertz CT molecular complexity index is 417. The predicted octanol–water partition coefficient (Wildman–Crippen LogP) is 3.09. The fourth-order valence-corrected chi connectivity index (χ4v) is 0.982. The summed E-state index contributed by atoms with van der Waals surface area (Å²) in [5.74, 6) is 0. The topological polar surface area (TPSA) is 29.4 Å². The van der Waals surface area contributed by atoms with Crippen LogP contribution in [0.5, 0.6) is 0 Å². The van der Waals surface area contributed by atoms with Gasteiger partial charge in [0, 0.05) is 5.56 Å². The van der Waals surface area contributed by atoms with Gasteiger partial charge in [-0.2, -0.15) is 22.0 Å². The van der Waals surface area contributed by atoms with Crippen molar-refractivity contribution in [1.82, 2.24) is 0 Å². The number of nitrogens with zero attached hydrogens (tertiary/aromatic N) is 1. The Morgan fingerprint density at radius 1 is 0.938 bits per heavy atom. The third kappa shape index (κ3) is 2.64. The van der Waals surface area contributed by atoms with Crippen molar-refractivity contribution in [3.8, 4) is 0 Å². The molecule has 7 heteroatoms. The summed E-state index contributed by atoms with van der Waals surface area (Å²) in [6.45, 7) is 0. The molecule has 2 nitrogen and oxygen atoms in total. The van der Waals surface area contributed by atoms with Crippen molar-refractivity contribution in [2.45, 2.75) is 12.2 Å². The van der Waals surface area contributed by atoms with E-state index < -0.39 is 23.3 Å². The van der Waals surface area contributed by atoms with Gasteiger partial charge in [0.15, 0.2) is 0 Å². The highest BCUT2D eigenvalue weighted by molar-refractivity contribution is 5.36. The van der Waals surface area contributed by atoms with Crippen LogP contribution >= 0.6 is 0 Å². The predicted molar refractivity (Wildman–Crippen MR) is 43.5 cm³/mol. The Morgan fingerprint density at radius 2 is 1.38 bits per heavy atom. The second-order valence-electron chi connectivity index (χ2n) is 2.82. The number of halogens is 5. The molecule has 86 valence electrons. The molecular formula is C9H4F5NO. The molecule has 0 bridgehead atoms. The van der Waals surface area contributed by atoms with E-state index in [1.807, 2.05) is 0 Å². The summed E-state index contributed by atoms with van der Waals surface area (Å²) in [4.78, 5) is 11.9. The molecule has 0 heterocycles. The number of hydrogen-bond acceptors (Lipinski definition) is 2. The fourth-order valence-electron chi connectivity index (χ4n) is 0.982. The van der Waals surface area contributed by atoms with Crippen LogP contribution in [0.3, 0.4) is 0 Å². The maximum Gasteiger partial charge on any atom is 0.416 e. The number of rotatable bonds is 2. The average Bonchev–Trinajstić information content (AvgIpc) is 2.16. The third-order valence-electron chi connectivity index (χ3n) is 1.75. The molecule has 1 rings (SSSR count). The minimum Gasteiger partial charge on any atom is -0.211 e. The highest BCUT2D eigenvalue weighted by Gasteiger charge is 2.34. The molecule has 0 aliphatic rings. The van der Waals surface area contributed by atoms with Gasteiger partial charge in [-0.05, 0) is 12.1 Å². The highest BCUT2D eigenvalue weighted by Crippen LogP contribution is 2.33. The zero-order valence-electron chi connectivity index (χ0n) is 7.55. The molecule has 0 unspecified atom stereocenters. The van der Waals surface area contributed by atoms with Gasteiger partial charge < -0.3 is 0 Å². The van der Waals surface area contributed by atoms with Gasteiger partial charge in [0.05, 0.1) is 5.56 Å². The SMILES string of the molecule is O=C=NC(F)(F)c1ccc(C(F)(F)F)cc1. The van der Waals surface area contributed by atoms with Gasteiger partial charge in [0.1, 0.15) is 0 Å². The van der Waals surface area contributed by atoms with Crippen molar-refractivity contribution in [1.29, 1.82) is 0 Å². The van der Waals surface area contributed by atoms with Crippen LogP contribution in [0, 0.1) is 0 Å². The van der Waals surface area contributed by atoms with Crippen LogP contribution in [-0.2, 0) is 17.0 Å². The van der Waals surface area contributed by atoms with Crippen molar-refractivity contribution in [3.63, 3.8) is 0 Å². The largest absolute Gasteiger partial charge is 0.416 e. The Hall–Kier alpha value is -1.75. The van der Waals surface area contributed by atoms with E-state index >= 15 is 0 Å². The number of alkyl halides is 5. The van der Waals surface area contributed by atoms with Gasteiger partial charge in [-0.25, -0.2) is 4.79 Å². The molecule has 16 heavy (non-hydrogen) atoms. The molecule has 0 saturated heterocycles. The van der Waals surface area contributed by atoms with E-state index in [2.05, 4.69) is 4.99 Å². The number of carbonyl (C=O) groups excluding carboxylic acids is 1. The molecular weight excluding hydrogens is 233 g/mol. The standard InChI is InChI=1S/C9H4F5NO/c10-8(11,12)6-1-3-7(4-2-6)9(13,14)15-5-16/h1-4H. The summed E-state index contributed by atoms with van der Waals surface area (Å²) in [5, 5.41) is 0. The molecule has 0 fully saturated rings. The third-order valence-corrected chi connectivity index (χ3v) is 1.75.